The normalized spacial score (nSPS) is 17.0. The first-order chi connectivity index (χ1) is 14.0. The highest BCUT2D eigenvalue weighted by Crippen LogP contribution is 2.33. The van der Waals surface area contributed by atoms with Crippen molar-refractivity contribution in [2.45, 2.75) is 45.6 Å². The molecule has 0 saturated carbocycles. The van der Waals surface area contributed by atoms with E-state index in [4.69, 9.17) is 4.98 Å². The van der Waals surface area contributed by atoms with Gasteiger partial charge < -0.3 is 4.90 Å². The molecule has 0 unspecified atom stereocenters. The van der Waals surface area contributed by atoms with E-state index in [9.17, 15) is 4.79 Å². The molecule has 7 nitrogen and oxygen atoms in total. The van der Waals surface area contributed by atoms with Gasteiger partial charge in [0, 0.05) is 55.4 Å². The number of piperidine rings is 1. The van der Waals surface area contributed by atoms with Crippen molar-refractivity contribution in [3.8, 4) is 11.1 Å². The molecule has 29 heavy (non-hydrogen) atoms. The molecule has 0 N–H and O–H groups in total. The number of aryl methyl sites for hydroxylation is 1. The maximum Gasteiger partial charge on any atom is 0.257 e. The first kappa shape index (κ1) is 19.2. The van der Waals surface area contributed by atoms with Crippen LogP contribution in [0.25, 0.3) is 11.1 Å². The Kier molecular flexibility index (Phi) is 5.38. The van der Waals surface area contributed by atoms with Crippen LogP contribution in [0.2, 0.25) is 0 Å². The zero-order valence-electron chi connectivity index (χ0n) is 17.1. The monoisotopic (exact) mass is 390 g/mol. The Morgan fingerprint density at radius 3 is 2.72 bits per heavy atom. The van der Waals surface area contributed by atoms with Crippen molar-refractivity contribution in [2.24, 2.45) is 0 Å². The predicted octanol–water partition coefficient (Wildman–Crippen LogP) is 3.64. The molecule has 0 radical (unpaired) electrons. The second-order valence-electron chi connectivity index (χ2n) is 7.85. The number of aromatic nitrogens is 5. The first-order valence-corrected chi connectivity index (χ1v) is 10.1. The third-order valence-corrected chi connectivity index (χ3v) is 5.40. The molecule has 3 aromatic rings. The number of rotatable bonds is 4. The molecule has 0 aliphatic carbocycles. The summed E-state index contributed by atoms with van der Waals surface area (Å²) in [7, 11) is 0. The van der Waals surface area contributed by atoms with Gasteiger partial charge in [0.1, 0.15) is 5.82 Å². The van der Waals surface area contributed by atoms with Gasteiger partial charge in [-0.3, -0.25) is 14.5 Å². The van der Waals surface area contributed by atoms with Crippen LogP contribution in [0.4, 0.5) is 0 Å². The number of likely N-dealkylation sites (tertiary alicyclic amines) is 1. The summed E-state index contributed by atoms with van der Waals surface area (Å²) in [6.45, 7) is 7.43. The van der Waals surface area contributed by atoms with Crippen LogP contribution in [0.3, 0.4) is 0 Å². The van der Waals surface area contributed by atoms with Crippen LogP contribution >= 0.6 is 0 Å². The van der Waals surface area contributed by atoms with Crippen LogP contribution in [0.15, 0.2) is 43.1 Å². The lowest BCUT2D eigenvalue weighted by molar-refractivity contribution is 0.0706. The van der Waals surface area contributed by atoms with E-state index in [-0.39, 0.29) is 17.9 Å². The Hall–Kier alpha value is -3.09. The van der Waals surface area contributed by atoms with E-state index < -0.39 is 0 Å². The SMILES string of the molecule is Cc1ncc(-c2ccncc2)c([C@H]2CCCN(C(=O)c3cnn(C(C)C)c3)C2)n1. The fourth-order valence-electron chi connectivity index (χ4n) is 3.85. The molecule has 3 aromatic heterocycles. The van der Waals surface area contributed by atoms with E-state index in [2.05, 4.69) is 28.9 Å². The van der Waals surface area contributed by atoms with E-state index in [1.54, 1.807) is 18.6 Å². The van der Waals surface area contributed by atoms with Crippen LogP contribution in [0.1, 0.15) is 60.5 Å². The zero-order chi connectivity index (χ0) is 20.4. The van der Waals surface area contributed by atoms with E-state index >= 15 is 0 Å². The molecule has 0 aromatic carbocycles. The molecular weight excluding hydrogens is 364 g/mol. The van der Waals surface area contributed by atoms with E-state index in [1.165, 1.54) is 0 Å². The summed E-state index contributed by atoms with van der Waals surface area (Å²) in [5.41, 5.74) is 3.73. The largest absolute Gasteiger partial charge is 0.338 e. The topological polar surface area (TPSA) is 76.8 Å². The number of carbonyl (C=O) groups excluding carboxylic acids is 1. The van der Waals surface area contributed by atoms with Gasteiger partial charge in [-0.1, -0.05) is 0 Å². The minimum atomic E-state index is 0.0397. The summed E-state index contributed by atoms with van der Waals surface area (Å²) < 4.78 is 1.82. The number of pyridine rings is 1. The lowest BCUT2D eigenvalue weighted by atomic mass is 9.90. The maximum absolute atomic E-state index is 13.1. The van der Waals surface area contributed by atoms with Crippen molar-refractivity contribution in [1.29, 1.82) is 0 Å². The summed E-state index contributed by atoms with van der Waals surface area (Å²) in [4.78, 5) is 28.3. The standard InChI is InChI=1S/C22H26N6O/c1-15(2)28-14-19(11-25-28)22(29)27-10-4-5-18(13-27)21-20(12-24-16(3)26-21)17-6-8-23-9-7-17/h6-9,11-12,14-15,18H,4-5,10,13H2,1-3H3/t18-/m0/s1. The second kappa shape index (κ2) is 8.11. The van der Waals surface area contributed by atoms with Crippen LogP contribution in [0.5, 0.6) is 0 Å². The minimum Gasteiger partial charge on any atom is -0.338 e. The molecular formula is C22H26N6O. The van der Waals surface area contributed by atoms with Crippen molar-refractivity contribution < 1.29 is 4.79 Å². The number of amides is 1. The number of hydrogen-bond acceptors (Lipinski definition) is 5. The van der Waals surface area contributed by atoms with Crippen LogP contribution in [-0.2, 0) is 0 Å². The highest BCUT2D eigenvalue weighted by atomic mass is 16.2. The zero-order valence-corrected chi connectivity index (χ0v) is 17.1. The lowest BCUT2D eigenvalue weighted by Gasteiger charge is -2.33. The molecule has 7 heteroatoms. The second-order valence-corrected chi connectivity index (χ2v) is 7.85. The molecule has 1 aliphatic rings. The molecule has 1 atom stereocenters. The van der Waals surface area contributed by atoms with Crippen LogP contribution in [0, 0.1) is 6.92 Å². The molecule has 1 aliphatic heterocycles. The minimum absolute atomic E-state index is 0.0397. The Balaban J connectivity index is 1.60. The van der Waals surface area contributed by atoms with E-state index in [0.717, 1.165) is 42.0 Å². The van der Waals surface area contributed by atoms with Gasteiger partial charge in [-0.2, -0.15) is 5.10 Å². The van der Waals surface area contributed by atoms with Crippen molar-refractivity contribution in [3.63, 3.8) is 0 Å². The van der Waals surface area contributed by atoms with Gasteiger partial charge in [-0.15, -0.1) is 0 Å². The molecule has 1 amide bonds. The Bertz CT molecular complexity index is 998. The van der Waals surface area contributed by atoms with Crippen LogP contribution < -0.4 is 0 Å². The smallest absolute Gasteiger partial charge is 0.257 e. The summed E-state index contributed by atoms with van der Waals surface area (Å²) in [6, 6.07) is 4.19. The van der Waals surface area contributed by atoms with Crippen LogP contribution in [-0.4, -0.2) is 48.6 Å². The van der Waals surface area contributed by atoms with Gasteiger partial charge in [0.25, 0.3) is 5.91 Å². The first-order valence-electron chi connectivity index (χ1n) is 10.1. The third-order valence-electron chi connectivity index (χ3n) is 5.40. The fraction of sp³-hybridized carbons (Fsp3) is 0.409. The quantitative estimate of drug-likeness (QED) is 0.680. The average Bonchev–Trinajstić information content (AvgIpc) is 3.24. The molecule has 0 bridgehead atoms. The highest BCUT2D eigenvalue weighted by molar-refractivity contribution is 5.93. The van der Waals surface area contributed by atoms with E-state index in [1.807, 2.05) is 41.0 Å². The fourth-order valence-corrected chi connectivity index (χ4v) is 3.85. The van der Waals surface area contributed by atoms with E-state index in [0.29, 0.717) is 12.1 Å². The Morgan fingerprint density at radius 2 is 2.00 bits per heavy atom. The van der Waals surface area contributed by atoms with Gasteiger partial charge in [0.15, 0.2) is 0 Å². The Morgan fingerprint density at radius 1 is 1.21 bits per heavy atom. The molecule has 4 heterocycles. The van der Waals surface area contributed by atoms with Gasteiger partial charge in [0.05, 0.1) is 17.5 Å². The van der Waals surface area contributed by atoms with Gasteiger partial charge in [0.2, 0.25) is 0 Å². The summed E-state index contributed by atoms with van der Waals surface area (Å²) in [6.07, 6.45) is 10.9. The molecule has 4 rings (SSSR count). The number of nitrogens with zero attached hydrogens (tertiary/aromatic N) is 6. The summed E-state index contributed by atoms with van der Waals surface area (Å²) in [5, 5.41) is 4.32. The van der Waals surface area contributed by atoms with Gasteiger partial charge in [-0.25, -0.2) is 9.97 Å². The highest BCUT2D eigenvalue weighted by Gasteiger charge is 2.29. The van der Waals surface area contributed by atoms with Gasteiger partial charge >= 0.3 is 0 Å². The molecule has 150 valence electrons. The number of carbonyl (C=O) groups is 1. The summed E-state index contributed by atoms with van der Waals surface area (Å²) >= 11 is 0. The van der Waals surface area contributed by atoms with Crippen molar-refractivity contribution in [1.82, 2.24) is 29.6 Å². The lowest BCUT2D eigenvalue weighted by Crippen LogP contribution is -2.39. The molecule has 1 fully saturated rings. The average molecular weight is 390 g/mol. The van der Waals surface area contributed by atoms with Crippen molar-refractivity contribution in [2.75, 3.05) is 13.1 Å². The Labute approximate surface area is 170 Å². The summed E-state index contributed by atoms with van der Waals surface area (Å²) in [5.74, 6) is 0.968. The van der Waals surface area contributed by atoms with Gasteiger partial charge in [-0.05, 0) is 51.3 Å². The third kappa shape index (κ3) is 4.04. The maximum atomic E-state index is 13.1. The van der Waals surface area contributed by atoms with Crippen molar-refractivity contribution >= 4 is 5.91 Å². The number of hydrogen-bond donors (Lipinski definition) is 0. The molecule has 1 saturated heterocycles. The van der Waals surface area contributed by atoms with Crippen molar-refractivity contribution in [3.05, 3.63) is 60.2 Å². The molecule has 0 spiro atoms. The predicted molar refractivity (Wildman–Crippen MR) is 110 cm³/mol.